The highest BCUT2D eigenvalue weighted by molar-refractivity contribution is 5.95. The maximum absolute atomic E-state index is 13.4. The van der Waals surface area contributed by atoms with Gasteiger partial charge < -0.3 is 15.7 Å². The van der Waals surface area contributed by atoms with Gasteiger partial charge in [0.25, 0.3) is 5.91 Å². The zero-order valence-electron chi connectivity index (χ0n) is 8.69. The SMILES string of the molecule is Nc1ccc(F)c(C(=O)N2CCC(O)C2)c1. The summed E-state index contributed by atoms with van der Waals surface area (Å²) in [5.74, 6) is -0.998. The summed E-state index contributed by atoms with van der Waals surface area (Å²) in [6.45, 7) is 0.710. The molecule has 0 saturated carbocycles. The lowest BCUT2D eigenvalue weighted by Gasteiger charge is -2.16. The molecule has 86 valence electrons. The molecule has 1 fully saturated rings. The largest absolute Gasteiger partial charge is 0.399 e. The lowest BCUT2D eigenvalue weighted by Crippen LogP contribution is -2.30. The molecule has 0 spiro atoms. The Bertz CT molecular complexity index is 422. The number of amides is 1. The van der Waals surface area contributed by atoms with E-state index in [0.29, 0.717) is 18.7 Å². The van der Waals surface area contributed by atoms with Crippen LogP contribution in [-0.2, 0) is 0 Å². The van der Waals surface area contributed by atoms with Gasteiger partial charge in [-0.1, -0.05) is 0 Å². The molecule has 1 unspecified atom stereocenters. The average Bonchev–Trinajstić information content (AvgIpc) is 2.67. The summed E-state index contributed by atoms with van der Waals surface area (Å²) in [6, 6.07) is 3.91. The molecule has 0 aromatic heterocycles. The number of nitrogens with two attached hydrogens (primary N) is 1. The molecule has 1 aliphatic heterocycles. The molecule has 1 amide bonds. The molecule has 1 aromatic rings. The molecule has 16 heavy (non-hydrogen) atoms. The minimum absolute atomic E-state index is 0.0332. The van der Waals surface area contributed by atoms with Crippen molar-refractivity contribution in [1.82, 2.24) is 4.90 Å². The molecule has 1 heterocycles. The first-order valence-corrected chi connectivity index (χ1v) is 5.10. The van der Waals surface area contributed by atoms with Crippen LogP contribution in [0.15, 0.2) is 18.2 Å². The fourth-order valence-electron chi connectivity index (χ4n) is 1.80. The normalized spacial score (nSPS) is 20.1. The van der Waals surface area contributed by atoms with E-state index in [4.69, 9.17) is 5.73 Å². The molecule has 0 radical (unpaired) electrons. The Labute approximate surface area is 92.5 Å². The van der Waals surface area contributed by atoms with Crippen molar-refractivity contribution >= 4 is 11.6 Å². The number of rotatable bonds is 1. The minimum Gasteiger partial charge on any atom is -0.399 e. The number of likely N-dealkylation sites (tertiary alicyclic amines) is 1. The second kappa shape index (κ2) is 4.09. The lowest BCUT2D eigenvalue weighted by atomic mass is 10.1. The van der Waals surface area contributed by atoms with Crippen LogP contribution in [0.2, 0.25) is 0 Å². The Kier molecular flexibility index (Phi) is 2.78. The maximum Gasteiger partial charge on any atom is 0.256 e. The number of halogens is 1. The fraction of sp³-hybridized carbons (Fsp3) is 0.364. The summed E-state index contributed by atoms with van der Waals surface area (Å²) in [4.78, 5) is 13.3. The third-order valence-electron chi connectivity index (χ3n) is 2.67. The van der Waals surface area contributed by atoms with E-state index in [-0.39, 0.29) is 12.1 Å². The first-order chi connectivity index (χ1) is 7.58. The second-order valence-corrected chi connectivity index (χ2v) is 3.93. The van der Waals surface area contributed by atoms with E-state index in [1.165, 1.54) is 23.1 Å². The summed E-state index contributed by atoms with van der Waals surface area (Å²) in [7, 11) is 0. The molecule has 1 saturated heterocycles. The zero-order valence-corrected chi connectivity index (χ0v) is 8.69. The predicted molar refractivity (Wildman–Crippen MR) is 57.3 cm³/mol. The standard InChI is InChI=1S/C11H13FN2O2/c12-10-2-1-7(13)5-9(10)11(16)14-4-3-8(15)6-14/h1-2,5,8,15H,3-4,6,13H2. The van der Waals surface area contributed by atoms with Crippen molar-refractivity contribution in [3.63, 3.8) is 0 Å². The number of hydrogen-bond acceptors (Lipinski definition) is 3. The van der Waals surface area contributed by atoms with E-state index in [1.54, 1.807) is 0 Å². The van der Waals surface area contributed by atoms with Crippen LogP contribution in [0.5, 0.6) is 0 Å². The fourth-order valence-corrected chi connectivity index (χ4v) is 1.80. The number of carbonyl (C=O) groups is 1. The number of benzene rings is 1. The van der Waals surface area contributed by atoms with Crippen LogP contribution >= 0.6 is 0 Å². The molecule has 0 aliphatic carbocycles. The number of nitrogens with zero attached hydrogens (tertiary/aromatic N) is 1. The number of aliphatic hydroxyl groups excluding tert-OH is 1. The van der Waals surface area contributed by atoms with Crippen molar-refractivity contribution in [2.24, 2.45) is 0 Å². The van der Waals surface area contributed by atoms with Gasteiger partial charge in [-0.25, -0.2) is 4.39 Å². The summed E-state index contributed by atoms with van der Waals surface area (Å²) < 4.78 is 13.4. The molecule has 5 heteroatoms. The molecule has 1 aromatic carbocycles. The van der Waals surface area contributed by atoms with Crippen LogP contribution in [0.25, 0.3) is 0 Å². The molecule has 3 N–H and O–H groups in total. The van der Waals surface area contributed by atoms with Gasteiger partial charge in [-0.3, -0.25) is 4.79 Å². The number of anilines is 1. The molecule has 4 nitrogen and oxygen atoms in total. The first-order valence-electron chi connectivity index (χ1n) is 5.10. The highest BCUT2D eigenvalue weighted by atomic mass is 19.1. The summed E-state index contributed by atoms with van der Waals surface area (Å²) >= 11 is 0. The van der Waals surface area contributed by atoms with E-state index in [9.17, 15) is 14.3 Å². The quantitative estimate of drug-likeness (QED) is 0.687. The Hall–Kier alpha value is -1.62. The molecule has 0 bridgehead atoms. The Morgan fingerprint density at radius 1 is 1.56 bits per heavy atom. The van der Waals surface area contributed by atoms with Crippen LogP contribution in [0, 0.1) is 5.82 Å². The van der Waals surface area contributed by atoms with Crippen molar-refractivity contribution in [1.29, 1.82) is 0 Å². The van der Waals surface area contributed by atoms with Crippen molar-refractivity contribution in [3.8, 4) is 0 Å². The van der Waals surface area contributed by atoms with Crippen molar-refractivity contribution < 1.29 is 14.3 Å². The maximum atomic E-state index is 13.4. The Morgan fingerprint density at radius 3 is 2.94 bits per heavy atom. The highest BCUT2D eigenvalue weighted by Gasteiger charge is 2.26. The predicted octanol–water partition coefficient (Wildman–Crippen LogP) is 0.615. The topological polar surface area (TPSA) is 66.6 Å². The molecule has 2 rings (SSSR count). The number of nitrogen functional groups attached to an aromatic ring is 1. The van der Waals surface area contributed by atoms with E-state index in [1.807, 2.05) is 0 Å². The third kappa shape index (κ3) is 1.99. The minimum atomic E-state index is -0.583. The van der Waals surface area contributed by atoms with Crippen molar-refractivity contribution in [2.45, 2.75) is 12.5 Å². The van der Waals surface area contributed by atoms with Crippen molar-refractivity contribution in [3.05, 3.63) is 29.6 Å². The summed E-state index contributed by atoms with van der Waals surface area (Å²) in [5.41, 5.74) is 5.82. The third-order valence-corrected chi connectivity index (χ3v) is 2.67. The van der Waals surface area contributed by atoms with Crippen LogP contribution < -0.4 is 5.73 Å². The second-order valence-electron chi connectivity index (χ2n) is 3.93. The van der Waals surface area contributed by atoms with E-state index in [0.717, 1.165) is 0 Å². The monoisotopic (exact) mass is 224 g/mol. The molecule has 1 aliphatic rings. The lowest BCUT2D eigenvalue weighted by molar-refractivity contribution is 0.0760. The molecule has 1 atom stereocenters. The van der Waals surface area contributed by atoms with Gasteiger partial charge in [-0.2, -0.15) is 0 Å². The van der Waals surface area contributed by atoms with Crippen LogP contribution in [0.4, 0.5) is 10.1 Å². The molecular formula is C11H13FN2O2. The van der Waals surface area contributed by atoms with Gasteiger partial charge in [0.15, 0.2) is 0 Å². The summed E-state index contributed by atoms with van der Waals surface area (Å²) in [5, 5.41) is 9.31. The van der Waals surface area contributed by atoms with E-state index < -0.39 is 17.8 Å². The zero-order chi connectivity index (χ0) is 11.7. The Morgan fingerprint density at radius 2 is 2.31 bits per heavy atom. The van der Waals surface area contributed by atoms with Crippen LogP contribution in [-0.4, -0.2) is 35.1 Å². The van der Waals surface area contributed by atoms with Crippen molar-refractivity contribution in [2.75, 3.05) is 18.8 Å². The van der Waals surface area contributed by atoms with Gasteiger partial charge in [0, 0.05) is 18.8 Å². The first kappa shape index (κ1) is 10.9. The molecular weight excluding hydrogens is 211 g/mol. The van der Waals surface area contributed by atoms with Gasteiger partial charge in [0.1, 0.15) is 5.82 Å². The van der Waals surface area contributed by atoms with E-state index >= 15 is 0 Å². The summed E-state index contributed by atoms with van der Waals surface area (Å²) in [6.07, 6.45) is 0.0310. The number of aliphatic hydroxyl groups is 1. The van der Waals surface area contributed by atoms with Gasteiger partial charge in [0.2, 0.25) is 0 Å². The van der Waals surface area contributed by atoms with Gasteiger partial charge in [-0.05, 0) is 24.6 Å². The van der Waals surface area contributed by atoms with Gasteiger partial charge in [0.05, 0.1) is 11.7 Å². The highest BCUT2D eigenvalue weighted by Crippen LogP contribution is 2.17. The van der Waals surface area contributed by atoms with Crippen LogP contribution in [0.1, 0.15) is 16.8 Å². The Balaban J connectivity index is 2.23. The van der Waals surface area contributed by atoms with Crippen LogP contribution in [0.3, 0.4) is 0 Å². The van der Waals surface area contributed by atoms with Gasteiger partial charge in [-0.15, -0.1) is 0 Å². The number of carbonyl (C=O) groups excluding carboxylic acids is 1. The number of β-amino-alcohol motifs (C(OH)–C–C–N with tert-alkyl or cyclic N) is 1. The average molecular weight is 224 g/mol. The van der Waals surface area contributed by atoms with Gasteiger partial charge >= 0.3 is 0 Å². The van der Waals surface area contributed by atoms with E-state index in [2.05, 4.69) is 0 Å². The number of hydrogen-bond donors (Lipinski definition) is 2. The smallest absolute Gasteiger partial charge is 0.256 e.